The molecule has 0 radical (unpaired) electrons. The molecule has 0 heterocycles. The van der Waals surface area contributed by atoms with Gasteiger partial charge in [0.05, 0.1) is 5.76 Å². The molecule has 0 atom stereocenters. The summed E-state index contributed by atoms with van der Waals surface area (Å²) >= 11 is 0. The van der Waals surface area contributed by atoms with Gasteiger partial charge in [-0.2, -0.15) is 0 Å². The lowest BCUT2D eigenvalue weighted by molar-refractivity contribution is -0.137. The fourth-order valence-corrected chi connectivity index (χ4v) is 1.91. The van der Waals surface area contributed by atoms with Gasteiger partial charge in [-0.1, -0.05) is 12.8 Å². The molecule has 4 nitrogen and oxygen atoms in total. The Morgan fingerprint density at radius 2 is 1.81 bits per heavy atom. The molecule has 1 rings (SSSR count). The molecule has 90 valence electrons. The minimum absolute atomic E-state index is 0.0723. The van der Waals surface area contributed by atoms with E-state index in [1.165, 1.54) is 0 Å². The van der Waals surface area contributed by atoms with E-state index in [1.54, 1.807) is 0 Å². The lowest BCUT2D eigenvalue weighted by Crippen LogP contribution is -1.97. The van der Waals surface area contributed by atoms with Crippen molar-refractivity contribution in [1.82, 2.24) is 0 Å². The SMILES string of the molecule is O=C(O)CCCCCCC1=C(O)CCC1=O. The van der Waals surface area contributed by atoms with Crippen molar-refractivity contribution in [1.29, 1.82) is 0 Å². The fourth-order valence-electron chi connectivity index (χ4n) is 1.91. The van der Waals surface area contributed by atoms with Gasteiger partial charge in [0.2, 0.25) is 0 Å². The third-order valence-corrected chi connectivity index (χ3v) is 2.84. The number of unbranched alkanes of at least 4 members (excludes halogenated alkanes) is 3. The summed E-state index contributed by atoms with van der Waals surface area (Å²) in [6.45, 7) is 0. The van der Waals surface area contributed by atoms with Gasteiger partial charge < -0.3 is 10.2 Å². The predicted octanol–water partition coefficient (Wildman–Crippen LogP) is 2.59. The average Bonchev–Trinajstić information content (AvgIpc) is 2.53. The fraction of sp³-hybridized carbons (Fsp3) is 0.667. The average molecular weight is 226 g/mol. The molecule has 0 saturated carbocycles. The first-order valence-electron chi connectivity index (χ1n) is 5.77. The highest BCUT2D eigenvalue weighted by atomic mass is 16.4. The van der Waals surface area contributed by atoms with Crippen molar-refractivity contribution in [3.05, 3.63) is 11.3 Å². The molecule has 16 heavy (non-hydrogen) atoms. The number of carboxylic acids is 1. The molecule has 0 spiro atoms. The van der Waals surface area contributed by atoms with E-state index in [1.807, 2.05) is 0 Å². The highest BCUT2D eigenvalue weighted by molar-refractivity contribution is 5.98. The summed E-state index contributed by atoms with van der Waals surface area (Å²) < 4.78 is 0. The number of hydrogen-bond donors (Lipinski definition) is 2. The lowest BCUT2D eigenvalue weighted by Gasteiger charge is -2.01. The third kappa shape index (κ3) is 4.04. The Morgan fingerprint density at radius 3 is 2.38 bits per heavy atom. The number of carbonyl (C=O) groups excluding carboxylic acids is 1. The van der Waals surface area contributed by atoms with Crippen LogP contribution in [0.2, 0.25) is 0 Å². The van der Waals surface area contributed by atoms with Crippen molar-refractivity contribution in [2.75, 3.05) is 0 Å². The number of Topliss-reactive ketones (excluding diaryl/α,β-unsaturated/α-hetero) is 1. The van der Waals surface area contributed by atoms with Crippen LogP contribution in [0.1, 0.15) is 51.4 Å². The minimum Gasteiger partial charge on any atom is -0.512 e. The van der Waals surface area contributed by atoms with Crippen LogP contribution in [-0.2, 0) is 9.59 Å². The number of aliphatic hydroxyl groups excluding tert-OH is 1. The van der Waals surface area contributed by atoms with Crippen LogP contribution in [0.3, 0.4) is 0 Å². The first-order valence-corrected chi connectivity index (χ1v) is 5.77. The summed E-state index contributed by atoms with van der Waals surface area (Å²) in [6, 6.07) is 0. The van der Waals surface area contributed by atoms with E-state index in [4.69, 9.17) is 5.11 Å². The molecule has 0 fully saturated rings. The third-order valence-electron chi connectivity index (χ3n) is 2.84. The number of allylic oxidation sites excluding steroid dienone is 2. The van der Waals surface area contributed by atoms with Gasteiger partial charge in [0.15, 0.2) is 5.78 Å². The van der Waals surface area contributed by atoms with E-state index in [2.05, 4.69) is 0 Å². The Bertz CT molecular complexity index is 304. The topological polar surface area (TPSA) is 74.6 Å². The van der Waals surface area contributed by atoms with Crippen molar-refractivity contribution in [3.8, 4) is 0 Å². The molecule has 0 aromatic heterocycles. The van der Waals surface area contributed by atoms with E-state index < -0.39 is 5.97 Å². The maximum atomic E-state index is 11.3. The Balaban J connectivity index is 2.09. The molecule has 1 aliphatic carbocycles. The van der Waals surface area contributed by atoms with Crippen LogP contribution < -0.4 is 0 Å². The van der Waals surface area contributed by atoms with Crippen LogP contribution in [0.4, 0.5) is 0 Å². The largest absolute Gasteiger partial charge is 0.512 e. The molecule has 0 saturated heterocycles. The van der Waals surface area contributed by atoms with E-state index in [0.717, 1.165) is 19.3 Å². The Labute approximate surface area is 95.0 Å². The maximum Gasteiger partial charge on any atom is 0.303 e. The number of ketones is 1. The molecule has 1 aliphatic rings. The molecule has 2 N–H and O–H groups in total. The number of hydrogen-bond acceptors (Lipinski definition) is 3. The summed E-state index contributed by atoms with van der Waals surface area (Å²) in [4.78, 5) is 21.5. The highest BCUT2D eigenvalue weighted by Crippen LogP contribution is 2.25. The molecule has 4 heteroatoms. The highest BCUT2D eigenvalue weighted by Gasteiger charge is 2.21. The monoisotopic (exact) mass is 226 g/mol. The quantitative estimate of drug-likeness (QED) is 0.654. The number of aliphatic hydroxyl groups is 1. The van der Waals surface area contributed by atoms with Crippen molar-refractivity contribution in [2.24, 2.45) is 0 Å². The minimum atomic E-state index is -0.758. The van der Waals surface area contributed by atoms with Gasteiger partial charge in [0, 0.05) is 24.8 Å². The summed E-state index contributed by atoms with van der Waals surface area (Å²) in [7, 11) is 0. The second-order valence-corrected chi connectivity index (χ2v) is 4.16. The Kier molecular flexibility index (Phi) is 5.02. The first kappa shape index (κ1) is 12.7. The van der Waals surface area contributed by atoms with Gasteiger partial charge in [0.25, 0.3) is 0 Å². The van der Waals surface area contributed by atoms with E-state index in [9.17, 15) is 14.7 Å². The van der Waals surface area contributed by atoms with Crippen LogP contribution in [0.5, 0.6) is 0 Å². The smallest absolute Gasteiger partial charge is 0.303 e. The van der Waals surface area contributed by atoms with E-state index >= 15 is 0 Å². The molecule has 0 amide bonds. The van der Waals surface area contributed by atoms with Crippen LogP contribution in [0, 0.1) is 0 Å². The number of rotatable bonds is 7. The van der Waals surface area contributed by atoms with Gasteiger partial charge in [-0.15, -0.1) is 0 Å². The zero-order valence-electron chi connectivity index (χ0n) is 9.37. The van der Waals surface area contributed by atoms with Crippen LogP contribution in [0.25, 0.3) is 0 Å². The van der Waals surface area contributed by atoms with Gasteiger partial charge in [-0.3, -0.25) is 9.59 Å². The lowest BCUT2D eigenvalue weighted by atomic mass is 10.0. The molecule has 0 aromatic carbocycles. The summed E-state index contributed by atoms with van der Waals surface area (Å²) in [5.74, 6) is -0.426. The number of aliphatic carboxylic acids is 1. The summed E-state index contributed by atoms with van der Waals surface area (Å²) in [5.41, 5.74) is 0.596. The Morgan fingerprint density at radius 1 is 1.12 bits per heavy atom. The second kappa shape index (κ2) is 6.30. The second-order valence-electron chi connectivity index (χ2n) is 4.16. The molecular weight excluding hydrogens is 208 g/mol. The maximum absolute atomic E-state index is 11.3. The normalized spacial score (nSPS) is 15.9. The van der Waals surface area contributed by atoms with Gasteiger partial charge >= 0.3 is 5.97 Å². The molecule has 0 aromatic rings. The molecule has 0 aliphatic heterocycles. The summed E-state index contributed by atoms with van der Waals surface area (Å²) in [5, 5.41) is 17.8. The number of carbonyl (C=O) groups is 2. The van der Waals surface area contributed by atoms with Crippen molar-refractivity contribution in [2.45, 2.75) is 51.4 Å². The van der Waals surface area contributed by atoms with Crippen molar-refractivity contribution < 1.29 is 19.8 Å². The van der Waals surface area contributed by atoms with Gasteiger partial charge in [-0.05, 0) is 19.3 Å². The van der Waals surface area contributed by atoms with Crippen LogP contribution >= 0.6 is 0 Å². The van der Waals surface area contributed by atoms with Crippen molar-refractivity contribution >= 4 is 11.8 Å². The van der Waals surface area contributed by atoms with Crippen LogP contribution in [-0.4, -0.2) is 22.0 Å². The predicted molar refractivity (Wildman–Crippen MR) is 59.2 cm³/mol. The molecule has 0 unspecified atom stereocenters. The van der Waals surface area contributed by atoms with Gasteiger partial charge in [0.1, 0.15) is 0 Å². The van der Waals surface area contributed by atoms with Crippen molar-refractivity contribution in [3.63, 3.8) is 0 Å². The van der Waals surface area contributed by atoms with E-state index in [0.29, 0.717) is 31.3 Å². The first-order chi connectivity index (χ1) is 7.61. The standard InChI is InChI=1S/C12H18O4/c13-10-7-8-11(14)9(10)5-3-1-2-4-6-12(15)16/h13H,1-8H2,(H,15,16). The molecule has 0 bridgehead atoms. The van der Waals surface area contributed by atoms with E-state index in [-0.39, 0.29) is 18.0 Å². The Hall–Kier alpha value is -1.32. The zero-order chi connectivity index (χ0) is 12.0. The van der Waals surface area contributed by atoms with Crippen LogP contribution in [0.15, 0.2) is 11.3 Å². The number of carboxylic acid groups (broad SMARTS) is 1. The summed E-state index contributed by atoms with van der Waals surface area (Å²) in [6.07, 6.45) is 5.11. The molecular formula is C12H18O4. The van der Waals surface area contributed by atoms with Gasteiger partial charge in [-0.25, -0.2) is 0 Å². The zero-order valence-corrected chi connectivity index (χ0v) is 9.37.